The molecular formula is C18H22N4O3S. The molecule has 0 aromatic heterocycles. The van der Waals surface area contributed by atoms with Gasteiger partial charge in [0.1, 0.15) is 0 Å². The number of sulfonamides is 1. The Hall–Kier alpha value is -2.42. The van der Waals surface area contributed by atoms with Crippen molar-refractivity contribution in [1.82, 2.24) is 9.21 Å². The number of nitrogens with zero attached hydrogens (tertiary/aromatic N) is 2. The van der Waals surface area contributed by atoms with Crippen LogP contribution in [-0.4, -0.2) is 56.8 Å². The molecule has 1 fully saturated rings. The number of likely N-dealkylation sites (N-methyl/N-ethyl adjacent to an activating group) is 1. The Bertz CT molecular complexity index is 906. The lowest BCUT2D eigenvalue weighted by atomic mass is 10.1. The number of nitrogen functional groups attached to an aromatic ring is 1. The van der Waals surface area contributed by atoms with Crippen LogP contribution in [0.3, 0.4) is 0 Å². The normalized spacial score (nSPS) is 16.3. The zero-order chi connectivity index (χ0) is 18.7. The average Bonchev–Trinajstić information content (AvgIpc) is 2.62. The SMILES string of the molecule is CN1CCN(S(=O)(=O)c2cccc(NC(=O)c3ccccc3N)c2)CC1. The molecule has 1 aliphatic rings. The predicted molar refractivity (Wildman–Crippen MR) is 102 cm³/mol. The minimum absolute atomic E-state index is 0.167. The van der Waals surface area contributed by atoms with Gasteiger partial charge in [-0.3, -0.25) is 4.79 Å². The van der Waals surface area contributed by atoms with Crippen LogP contribution in [0.15, 0.2) is 53.4 Å². The summed E-state index contributed by atoms with van der Waals surface area (Å²) in [6.07, 6.45) is 0. The number of nitrogens with two attached hydrogens (primary N) is 1. The van der Waals surface area contributed by atoms with Gasteiger partial charge in [0.15, 0.2) is 0 Å². The molecule has 7 nitrogen and oxygen atoms in total. The lowest BCUT2D eigenvalue weighted by Gasteiger charge is -2.31. The molecule has 1 heterocycles. The predicted octanol–water partition coefficient (Wildman–Crippen LogP) is 1.46. The largest absolute Gasteiger partial charge is 0.398 e. The topological polar surface area (TPSA) is 95.7 Å². The molecule has 2 aromatic rings. The van der Waals surface area contributed by atoms with Gasteiger partial charge in [-0.1, -0.05) is 18.2 Å². The van der Waals surface area contributed by atoms with Crippen LogP contribution in [0.2, 0.25) is 0 Å². The van der Waals surface area contributed by atoms with E-state index in [1.54, 1.807) is 42.5 Å². The molecule has 0 unspecified atom stereocenters. The zero-order valence-corrected chi connectivity index (χ0v) is 15.4. The third kappa shape index (κ3) is 3.87. The van der Waals surface area contributed by atoms with Gasteiger partial charge in [-0.2, -0.15) is 4.31 Å². The maximum atomic E-state index is 12.8. The minimum atomic E-state index is -3.59. The number of para-hydroxylation sites is 1. The standard InChI is InChI=1S/C18H22N4O3S/c1-21-9-11-22(12-10-21)26(24,25)15-6-4-5-14(13-15)20-18(23)16-7-2-3-8-17(16)19/h2-8,13H,9-12,19H2,1H3,(H,20,23). The Labute approximate surface area is 153 Å². The summed E-state index contributed by atoms with van der Waals surface area (Å²) < 4.78 is 27.1. The van der Waals surface area contributed by atoms with Crippen molar-refractivity contribution < 1.29 is 13.2 Å². The summed E-state index contributed by atoms with van der Waals surface area (Å²) in [4.78, 5) is 14.6. The summed E-state index contributed by atoms with van der Waals surface area (Å²) in [6.45, 7) is 2.30. The highest BCUT2D eigenvalue weighted by Gasteiger charge is 2.27. The van der Waals surface area contributed by atoms with Gasteiger partial charge in [-0.15, -0.1) is 0 Å². The molecule has 0 radical (unpaired) electrons. The molecule has 26 heavy (non-hydrogen) atoms. The van der Waals surface area contributed by atoms with E-state index in [-0.39, 0.29) is 10.8 Å². The van der Waals surface area contributed by atoms with E-state index in [1.165, 1.54) is 10.4 Å². The van der Waals surface area contributed by atoms with Crippen molar-refractivity contribution in [1.29, 1.82) is 0 Å². The van der Waals surface area contributed by atoms with E-state index in [2.05, 4.69) is 10.2 Å². The molecule has 0 atom stereocenters. The van der Waals surface area contributed by atoms with E-state index in [0.717, 1.165) is 0 Å². The molecule has 138 valence electrons. The number of amides is 1. The van der Waals surface area contributed by atoms with Gasteiger partial charge in [-0.25, -0.2) is 8.42 Å². The summed E-state index contributed by atoms with van der Waals surface area (Å²) >= 11 is 0. The number of carbonyl (C=O) groups is 1. The minimum Gasteiger partial charge on any atom is -0.398 e. The number of piperazine rings is 1. The summed E-state index contributed by atoms with van der Waals surface area (Å²) in [5.74, 6) is -0.378. The van der Waals surface area contributed by atoms with E-state index in [4.69, 9.17) is 5.73 Å². The molecular weight excluding hydrogens is 352 g/mol. The summed E-state index contributed by atoms with van der Waals surface area (Å²) in [5, 5.41) is 2.71. The Morgan fingerprint density at radius 1 is 1.04 bits per heavy atom. The third-order valence-electron chi connectivity index (χ3n) is 4.40. The number of anilines is 2. The van der Waals surface area contributed by atoms with Gasteiger partial charge in [0, 0.05) is 37.6 Å². The van der Waals surface area contributed by atoms with Crippen molar-refractivity contribution in [2.45, 2.75) is 4.90 Å². The molecule has 1 saturated heterocycles. The second-order valence-electron chi connectivity index (χ2n) is 6.28. The summed E-state index contributed by atoms with van der Waals surface area (Å²) in [7, 11) is -1.62. The van der Waals surface area contributed by atoms with Crippen molar-refractivity contribution in [3.8, 4) is 0 Å². The second-order valence-corrected chi connectivity index (χ2v) is 8.21. The smallest absolute Gasteiger partial charge is 0.257 e. The van der Waals surface area contributed by atoms with Crippen molar-refractivity contribution in [2.75, 3.05) is 44.3 Å². The van der Waals surface area contributed by atoms with E-state index >= 15 is 0 Å². The van der Waals surface area contributed by atoms with E-state index in [1.807, 2.05) is 7.05 Å². The molecule has 3 rings (SSSR count). The molecule has 0 saturated carbocycles. The lowest BCUT2D eigenvalue weighted by Crippen LogP contribution is -2.47. The Balaban J connectivity index is 1.80. The zero-order valence-electron chi connectivity index (χ0n) is 14.6. The molecule has 0 spiro atoms. The Morgan fingerprint density at radius 2 is 1.73 bits per heavy atom. The van der Waals surface area contributed by atoms with E-state index in [9.17, 15) is 13.2 Å². The van der Waals surface area contributed by atoms with Gasteiger partial charge >= 0.3 is 0 Å². The van der Waals surface area contributed by atoms with Crippen LogP contribution in [0.1, 0.15) is 10.4 Å². The lowest BCUT2D eigenvalue weighted by molar-refractivity contribution is 0.102. The second kappa shape index (κ2) is 7.45. The first kappa shape index (κ1) is 18.4. The van der Waals surface area contributed by atoms with Crippen LogP contribution >= 0.6 is 0 Å². The highest BCUT2D eigenvalue weighted by atomic mass is 32.2. The molecule has 8 heteroatoms. The summed E-state index contributed by atoms with van der Waals surface area (Å²) in [5.41, 5.74) is 6.94. The third-order valence-corrected chi connectivity index (χ3v) is 6.29. The van der Waals surface area contributed by atoms with Crippen LogP contribution in [0.25, 0.3) is 0 Å². The number of hydrogen-bond donors (Lipinski definition) is 2. The fourth-order valence-electron chi connectivity index (χ4n) is 2.81. The Kier molecular flexibility index (Phi) is 5.26. The van der Waals surface area contributed by atoms with E-state index < -0.39 is 10.0 Å². The number of hydrogen-bond acceptors (Lipinski definition) is 5. The maximum absolute atomic E-state index is 12.8. The molecule has 0 bridgehead atoms. The average molecular weight is 374 g/mol. The van der Waals surface area contributed by atoms with Crippen molar-refractivity contribution in [3.63, 3.8) is 0 Å². The van der Waals surface area contributed by atoms with Gasteiger partial charge < -0.3 is 16.0 Å². The molecule has 0 aliphatic carbocycles. The first-order valence-corrected chi connectivity index (χ1v) is 9.76. The van der Waals surface area contributed by atoms with Gasteiger partial charge in [0.05, 0.1) is 10.5 Å². The fourth-order valence-corrected chi connectivity index (χ4v) is 4.28. The molecule has 1 amide bonds. The van der Waals surface area contributed by atoms with Gasteiger partial charge in [0.2, 0.25) is 10.0 Å². The van der Waals surface area contributed by atoms with Crippen molar-refractivity contribution in [3.05, 3.63) is 54.1 Å². The van der Waals surface area contributed by atoms with Crippen LogP contribution in [-0.2, 0) is 10.0 Å². The quantitative estimate of drug-likeness (QED) is 0.790. The fraction of sp³-hybridized carbons (Fsp3) is 0.278. The maximum Gasteiger partial charge on any atom is 0.257 e. The molecule has 2 aromatic carbocycles. The number of rotatable bonds is 4. The molecule has 3 N–H and O–H groups in total. The van der Waals surface area contributed by atoms with Crippen LogP contribution in [0, 0.1) is 0 Å². The highest BCUT2D eigenvalue weighted by Crippen LogP contribution is 2.22. The van der Waals surface area contributed by atoms with Gasteiger partial charge in [-0.05, 0) is 37.4 Å². The van der Waals surface area contributed by atoms with E-state index in [0.29, 0.717) is 43.1 Å². The van der Waals surface area contributed by atoms with Crippen molar-refractivity contribution in [2.24, 2.45) is 0 Å². The first-order chi connectivity index (χ1) is 12.4. The molecule has 1 aliphatic heterocycles. The summed E-state index contributed by atoms with van der Waals surface area (Å²) in [6, 6.07) is 13.0. The monoisotopic (exact) mass is 374 g/mol. The van der Waals surface area contributed by atoms with Gasteiger partial charge in [0.25, 0.3) is 5.91 Å². The number of benzene rings is 2. The number of nitrogens with one attached hydrogen (secondary N) is 1. The van der Waals surface area contributed by atoms with Crippen molar-refractivity contribution >= 4 is 27.3 Å². The Morgan fingerprint density at radius 3 is 2.42 bits per heavy atom. The van der Waals surface area contributed by atoms with Crippen LogP contribution < -0.4 is 11.1 Å². The van der Waals surface area contributed by atoms with Crippen LogP contribution in [0.4, 0.5) is 11.4 Å². The van der Waals surface area contributed by atoms with Crippen LogP contribution in [0.5, 0.6) is 0 Å². The first-order valence-electron chi connectivity index (χ1n) is 8.32. The highest BCUT2D eigenvalue weighted by molar-refractivity contribution is 7.89. The number of carbonyl (C=O) groups excluding carboxylic acids is 1.